The summed E-state index contributed by atoms with van der Waals surface area (Å²) in [6.45, 7) is 0.238. The second-order valence-corrected chi connectivity index (χ2v) is 7.50. The highest BCUT2D eigenvalue weighted by Crippen LogP contribution is 2.28. The van der Waals surface area contributed by atoms with Crippen LogP contribution in [0.3, 0.4) is 0 Å². The number of rotatable bonds is 3. The number of urea groups is 1. The van der Waals surface area contributed by atoms with Gasteiger partial charge in [0.2, 0.25) is 0 Å². The van der Waals surface area contributed by atoms with E-state index in [0.717, 1.165) is 24.9 Å². The molecule has 0 spiro atoms. The number of hydrogen-bond acceptors (Lipinski definition) is 4. The standard InChI is InChI=1S/C19H20N4O2S/c1-23(11-16-20-15-9-10-26-17(15)18(24)22-16)19(25)21-14-8-4-6-12-5-2-3-7-13(12)14/h4,6,8-10H,2-3,5,7,11H2,1H3,(H,21,25)(H,20,22,24). The Morgan fingerprint density at radius 3 is 3.04 bits per heavy atom. The molecule has 0 bridgehead atoms. The number of aromatic amines is 1. The first kappa shape index (κ1) is 16.8. The lowest BCUT2D eigenvalue weighted by atomic mass is 9.90. The van der Waals surface area contributed by atoms with Crippen LogP contribution in [0.15, 0.2) is 34.4 Å². The summed E-state index contributed by atoms with van der Waals surface area (Å²) in [6.07, 6.45) is 4.43. The van der Waals surface area contributed by atoms with Gasteiger partial charge in [-0.2, -0.15) is 0 Å². The Morgan fingerprint density at radius 1 is 1.31 bits per heavy atom. The molecule has 0 radical (unpaired) electrons. The molecule has 26 heavy (non-hydrogen) atoms. The van der Waals surface area contributed by atoms with E-state index in [1.807, 2.05) is 23.6 Å². The van der Waals surface area contributed by atoms with Crippen LogP contribution in [0.2, 0.25) is 0 Å². The van der Waals surface area contributed by atoms with E-state index in [1.54, 1.807) is 7.05 Å². The first-order valence-electron chi connectivity index (χ1n) is 8.71. The van der Waals surface area contributed by atoms with Crippen molar-refractivity contribution in [1.29, 1.82) is 0 Å². The quantitative estimate of drug-likeness (QED) is 0.742. The number of aromatic nitrogens is 2. The van der Waals surface area contributed by atoms with Gasteiger partial charge in [-0.3, -0.25) is 4.79 Å². The topological polar surface area (TPSA) is 78.1 Å². The van der Waals surface area contributed by atoms with E-state index in [2.05, 4.69) is 21.4 Å². The minimum atomic E-state index is -0.211. The molecular weight excluding hydrogens is 348 g/mol. The van der Waals surface area contributed by atoms with Crippen molar-refractivity contribution in [2.45, 2.75) is 32.2 Å². The van der Waals surface area contributed by atoms with Crippen LogP contribution in [0.1, 0.15) is 29.8 Å². The summed E-state index contributed by atoms with van der Waals surface area (Å²) in [4.78, 5) is 33.4. The van der Waals surface area contributed by atoms with Crippen LogP contribution in [0, 0.1) is 0 Å². The smallest absolute Gasteiger partial charge is 0.320 e. The van der Waals surface area contributed by atoms with Gasteiger partial charge >= 0.3 is 6.03 Å². The number of aryl methyl sites for hydroxylation is 1. The summed E-state index contributed by atoms with van der Waals surface area (Å²) in [7, 11) is 1.70. The third-order valence-corrected chi connectivity index (χ3v) is 5.64. The molecule has 0 saturated carbocycles. The summed E-state index contributed by atoms with van der Waals surface area (Å²) in [5.74, 6) is 0.480. The van der Waals surface area contributed by atoms with Gasteiger partial charge in [-0.25, -0.2) is 9.78 Å². The number of nitrogens with zero attached hydrogens (tertiary/aromatic N) is 2. The molecule has 0 unspecified atom stereocenters. The number of benzene rings is 1. The molecule has 2 aromatic heterocycles. The molecule has 134 valence electrons. The highest BCUT2D eigenvalue weighted by Gasteiger charge is 2.17. The number of fused-ring (bicyclic) bond motifs is 2. The van der Waals surface area contributed by atoms with Crippen molar-refractivity contribution in [3.8, 4) is 0 Å². The molecule has 7 heteroatoms. The Hall–Kier alpha value is -2.67. The van der Waals surface area contributed by atoms with E-state index in [-0.39, 0.29) is 18.1 Å². The largest absolute Gasteiger partial charge is 0.321 e. The van der Waals surface area contributed by atoms with E-state index in [1.165, 1.54) is 33.8 Å². The molecule has 2 amide bonds. The number of nitrogens with one attached hydrogen (secondary N) is 2. The van der Waals surface area contributed by atoms with Crippen molar-refractivity contribution in [2.24, 2.45) is 0 Å². The fourth-order valence-electron chi connectivity index (χ4n) is 3.40. The zero-order valence-electron chi connectivity index (χ0n) is 14.5. The zero-order valence-corrected chi connectivity index (χ0v) is 15.4. The summed E-state index contributed by atoms with van der Waals surface area (Å²) in [6, 6.07) is 7.68. The van der Waals surface area contributed by atoms with E-state index in [0.29, 0.717) is 16.0 Å². The van der Waals surface area contributed by atoms with Crippen LogP contribution in [-0.2, 0) is 19.4 Å². The summed E-state index contributed by atoms with van der Waals surface area (Å²) in [5, 5.41) is 4.85. The third-order valence-electron chi connectivity index (χ3n) is 4.74. The molecule has 0 aliphatic heterocycles. The highest BCUT2D eigenvalue weighted by atomic mass is 32.1. The average Bonchev–Trinajstić information content (AvgIpc) is 3.11. The van der Waals surface area contributed by atoms with E-state index < -0.39 is 0 Å². The second-order valence-electron chi connectivity index (χ2n) is 6.58. The molecule has 2 heterocycles. The lowest BCUT2D eigenvalue weighted by Crippen LogP contribution is -2.32. The fourth-order valence-corrected chi connectivity index (χ4v) is 4.13. The Bertz CT molecular complexity index is 1020. The zero-order chi connectivity index (χ0) is 18.1. The maximum Gasteiger partial charge on any atom is 0.321 e. The van der Waals surface area contributed by atoms with Crippen LogP contribution < -0.4 is 10.9 Å². The lowest BCUT2D eigenvalue weighted by Gasteiger charge is -2.22. The molecule has 1 aromatic carbocycles. The van der Waals surface area contributed by atoms with E-state index >= 15 is 0 Å². The molecule has 1 aliphatic carbocycles. The normalized spacial score (nSPS) is 13.4. The summed E-state index contributed by atoms with van der Waals surface area (Å²) in [5.41, 5.74) is 3.96. The SMILES string of the molecule is CN(Cc1nc2ccsc2c(=O)[nH]1)C(=O)Nc1cccc2c1CCCC2. The number of amides is 2. The highest BCUT2D eigenvalue weighted by molar-refractivity contribution is 7.17. The predicted octanol–water partition coefficient (Wildman–Crippen LogP) is 3.53. The number of hydrogen-bond donors (Lipinski definition) is 2. The van der Waals surface area contributed by atoms with Crippen molar-refractivity contribution in [3.05, 3.63) is 57.0 Å². The minimum Gasteiger partial charge on any atom is -0.320 e. The third kappa shape index (κ3) is 3.22. The molecule has 2 N–H and O–H groups in total. The Labute approximate surface area is 154 Å². The van der Waals surface area contributed by atoms with Gasteiger partial charge in [0.1, 0.15) is 10.5 Å². The summed E-state index contributed by atoms with van der Waals surface area (Å²) < 4.78 is 0.608. The van der Waals surface area contributed by atoms with Crippen molar-refractivity contribution < 1.29 is 4.79 Å². The van der Waals surface area contributed by atoms with Gasteiger partial charge in [-0.1, -0.05) is 12.1 Å². The lowest BCUT2D eigenvalue weighted by molar-refractivity contribution is 0.219. The van der Waals surface area contributed by atoms with Crippen molar-refractivity contribution in [2.75, 3.05) is 12.4 Å². The van der Waals surface area contributed by atoms with Gasteiger partial charge in [0.05, 0.1) is 12.1 Å². The molecule has 1 aliphatic rings. The van der Waals surface area contributed by atoms with Gasteiger partial charge in [-0.15, -0.1) is 11.3 Å². The van der Waals surface area contributed by atoms with E-state index in [9.17, 15) is 9.59 Å². The first-order chi connectivity index (χ1) is 12.6. The minimum absolute atomic E-state index is 0.161. The number of carbonyl (C=O) groups excluding carboxylic acids is 1. The predicted molar refractivity (Wildman–Crippen MR) is 104 cm³/mol. The second kappa shape index (κ2) is 6.92. The van der Waals surface area contributed by atoms with Crippen molar-refractivity contribution >= 4 is 33.3 Å². The van der Waals surface area contributed by atoms with Gasteiger partial charge in [-0.05, 0) is 54.3 Å². The maximum absolute atomic E-state index is 12.6. The molecular formula is C19H20N4O2S. The molecule has 4 rings (SSSR count). The van der Waals surface area contributed by atoms with Crippen LogP contribution in [0.4, 0.5) is 10.5 Å². The Kier molecular flexibility index (Phi) is 4.46. The Morgan fingerprint density at radius 2 is 2.15 bits per heavy atom. The monoisotopic (exact) mass is 368 g/mol. The maximum atomic E-state index is 12.6. The van der Waals surface area contributed by atoms with Crippen LogP contribution in [0.25, 0.3) is 10.2 Å². The van der Waals surface area contributed by atoms with E-state index in [4.69, 9.17) is 0 Å². The van der Waals surface area contributed by atoms with Crippen LogP contribution >= 0.6 is 11.3 Å². The number of thiophene rings is 1. The molecule has 6 nitrogen and oxygen atoms in total. The Balaban J connectivity index is 1.50. The molecule has 0 atom stereocenters. The average molecular weight is 368 g/mol. The fraction of sp³-hybridized carbons (Fsp3) is 0.316. The number of anilines is 1. The molecule has 0 fully saturated rings. The number of H-pyrrole nitrogens is 1. The van der Waals surface area contributed by atoms with Crippen molar-refractivity contribution in [3.63, 3.8) is 0 Å². The molecule has 0 saturated heterocycles. The molecule has 3 aromatic rings. The number of carbonyl (C=O) groups is 1. The van der Waals surface area contributed by atoms with Gasteiger partial charge < -0.3 is 15.2 Å². The first-order valence-corrected chi connectivity index (χ1v) is 9.59. The summed E-state index contributed by atoms with van der Waals surface area (Å²) >= 11 is 1.36. The van der Waals surface area contributed by atoms with Gasteiger partial charge in [0, 0.05) is 12.7 Å². The van der Waals surface area contributed by atoms with Crippen molar-refractivity contribution in [1.82, 2.24) is 14.9 Å². The van der Waals surface area contributed by atoms with Crippen LogP contribution in [0.5, 0.6) is 0 Å². The van der Waals surface area contributed by atoms with Crippen LogP contribution in [-0.4, -0.2) is 27.9 Å². The van der Waals surface area contributed by atoms with Gasteiger partial charge in [0.25, 0.3) is 5.56 Å². The van der Waals surface area contributed by atoms with Gasteiger partial charge in [0.15, 0.2) is 0 Å².